The second-order valence-corrected chi connectivity index (χ2v) is 11.2. The first-order valence-corrected chi connectivity index (χ1v) is 11.6. The van der Waals surface area contributed by atoms with E-state index in [0.29, 0.717) is 5.92 Å². The van der Waals surface area contributed by atoms with E-state index >= 15 is 0 Å². The van der Waals surface area contributed by atoms with Gasteiger partial charge in [0.15, 0.2) is 0 Å². The summed E-state index contributed by atoms with van der Waals surface area (Å²) in [6.07, 6.45) is 3.62. The van der Waals surface area contributed by atoms with Crippen LogP contribution in [0.25, 0.3) is 0 Å². The van der Waals surface area contributed by atoms with Crippen molar-refractivity contribution in [3.8, 4) is 0 Å². The lowest BCUT2D eigenvalue weighted by molar-refractivity contribution is 0.505. The molecular formula is C24H24N2P+. The molecule has 1 aliphatic heterocycles. The van der Waals surface area contributed by atoms with Crippen molar-refractivity contribution in [2.75, 3.05) is 6.54 Å². The molecule has 3 aromatic rings. The molecule has 0 spiro atoms. The Morgan fingerprint density at radius 1 is 0.704 bits per heavy atom. The summed E-state index contributed by atoms with van der Waals surface area (Å²) in [4.78, 5) is 0. The zero-order chi connectivity index (χ0) is 18.2. The van der Waals surface area contributed by atoms with Crippen LogP contribution in [-0.4, -0.2) is 11.8 Å². The minimum Gasteiger partial charge on any atom is -0.189 e. The van der Waals surface area contributed by atoms with Crippen molar-refractivity contribution in [3.05, 3.63) is 91.0 Å². The first kappa shape index (κ1) is 16.8. The normalized spacial score (nSPS) is 24.1. The van der Waals surface area contributed by atoms with Crippen LogP contribution in [-0.2, 0) is 0 Å². The molecule has 1 heterocycles. The van der Waals surface area contributed by atoms with Gasteiger partial charge >= 0.3 is 0 Å². The molecule has 5 rings (SSSR count). The lowest BCUT2D eigenvalue weighted by atomic mass is 10.1. The predicted molar refractivity (Wildman–Crippen MR) is 115 cm³/mol. The fourth-order valence-electron chi connectivity index (χ4n) is 5.26. The van der Waals surface area contributed by atoms with Crippen LogP contribution in [0.5, 0.6) is 0 Å². The molecule has 3 heteroatoms. The van der Waals surface area contributed by atoms with E-state index in [1.54, 1.807) is 0 Å². The van der Waals surface area contributed by atoms with Crippen molar-refractivity contribution in [2.45, 2.75) is 24.5 Å². The molecular weight excluding hydrogens is 347 g/mol. The number of hydrogen-bond donors (Lipinski definition) is 0. The molecule has 0 radical (unpaired) electrons. The maximum absolute atomic E-state index is 5.11. The molecule has 0 N–H and O–H groups in total. The quantitative estimate of drug-likeness (QED) is 0.580. The van der Waals surface area contributed by atoms with E-state index in [2.05, 4.69) is 96.1 Å². The molecule has 0 saturated heterocycles. The fourth-order valence-corrected chi connectivity index (χ4v) is 10.8. The molecule has 2 aliphatic rings. The van der Waals surface area contributed by atoms with E-state index < -0.39 is 7.26 Å². The number of hydrogen-bond acceptors (Lipinski definition) is 2. The predicted octanol–water partition coefficient (Wildman–Crippen LogP) is 4.94. The fraction of sp³-hybridized carbons (Fsp3) is 0.250. The van der Waals surface area contributed by atoms with Gasteiger partial charge in [-0.3, -0.25) is 0 Å². The molecule has 2 atom stereocenters. The van der Waals surface area contributed by atoms with Crippen LogP contribution in [0.3, 0.4) is 0 Å². The van der Waals surface area contributed by atoms with E-state index in [0.717, 1.165) is 13.0 Å². The lowest BCUT2D eigenvalue weighted by Crippen LogP contribution is -2.47. The van der Waals surface area contributed by atoms with Gasteiger partial charge < -0.3 is 0 Å². The van der Waals surface area contributed by atoms with Gasteiger partial charge in [-0.15, -0.1) is 5.11 Å². The van der Waals surface area contributed by atoms with Crippen LogP contribution < -0.4 is 15.9 Å². The van der Waals surface area contributed by atoms with Crippen molar-refractivity contribution in [1.82, 2.24) is 0 Å². The van der Waals surface area contributed by atoms with Gasteiger partial charge in [0.1, 0.15) is 23.2 Å². The Morgan fingerprint density at radius 2 is 1.19 bits per heavy atom. The Hall–Kier alpha value is -2.31. The molecule has 0 amide bonds. The number of fused-ring (bicyclic) bond motifs is 1. The van der Waals surface area contributed by atoms with Gasteiger partial charge in [-0.1, -0.05) is 54.6 Å². The SMILES string of the molecule is c1ccc([P+](c2ccccc2)(c2ccccc2)[C@@]23CCC[C@@H]2CN=N3)cc1. The third-order valence-corrected chi connectivity index (χ3v) is 11.4. The largest absolute Gasteiger partial charge is 0.205 e. The summed E-state index contributed by atoms with van der Waals surface area (Å²) in [5.74, 6) is 0.548. The van der Waals surface area contributed by atoms with Crippen LogP contribution in [0.15, 0.2) is 101 Å². The lowest BCUT2D eigenvalue weighted by Gasteiger charge is -2.40. The van der Waals surface area contributed by atoms with Crippen molar-refractivity contribution < 1.29 is 0 Å². The summed E-state index contributed by atoms with van der Waals surface area (Å²) in [5, 5.41) is 13.9. The number of benzene rings is 3. The van der Waals surface area contributed by atoms with E-state index in [4.69, 9.17) is 5.11 Å². The molecule has 1 saturated carbocycles. The average molecular weight is 371 g/mol. The maximum Gasteiger partial charge on any atom is 0.205 e. The summed E-state index contributed by atoms with van der Waals surface area (Å²) in [5.41, 5.74) is 0. The summed E-state index contributed by atoms with van der Waals surface area (Å²) in [6.45, 7) is 0.883. The van der Waals surface area contributed by atoms with E-state index in [1.807, 2.05) is 0 Å². The van der Waals surface area contributed by atoms with Gasteiger partial charge in [0.25, 0.3) is 0 Å². The molecule has 0 unspecified atom stereocenters. The third-order valence-electron chi connectivity index (χ3n) is 6.31. The summed E-state index contributed by atoms with van der Waals surface area (Å²) in [7, 11) is -1.99. The smallest absolute Gasteiger partial charge is 0.189 e. The molecule has 1 aliphatic carbocycles. The molecule has 0 aromatic heterocycles. The van der Waals surface area contributed by atoms with Gasteiger partial charge in [0, 0.05) is 12.3 Å². The Balaban J connectivity index is 1.91. The number of rotatable bonds is 4. The van der Waals surface area contributed by atoms with Crippen molar-refractivity contribution >= 4 is 23.2 Å². The summed E-state index contributed by atoms with van der Waals surface area (Å²) >= 11 is 0. The Kier molecular flexibility index (Phi) is 4.17. The zero-order valence-electron chi connectivity index (χ0n) is 15.4. The Morgan fingerprint density at radius 3 is 1.67 bits per heavy atom. The summed E-state index contributed by atoms with van der Waals surface area (Å²) in [6, 6.07) is 33.4. The first-order chi connectivity index (χ1) is 13.4. The summed E-state index contributed by atoms with van der Waals surface area (Å²) < 4.78 is 0. The highest BCUT2D eigenvalue weighted by molar-refractivity contribution is 7.97. The van der Waals surface area contributed by atoms with Crippen LogP contribution in [0.1, 0.15) is 19.3 Å². The van der Waals surface area contributed by atoms with Crippen LogP contribution >= 0.6 is 7.26 Å². The van der Waals surface area contributed by atoms with Gasteiger partial charge in [-0.2, -0.15) is 5.11 Å². The van der Waals surface area contributed by atoms with Crippen LogP contribution in [0.4, 0.5) is 0 Å². The monoisotopic (exact) mass is 371 g/mol. The third kappa shape index (κ3) is 2.36. The van der Waals surface area contributed by atoms with Crippen molar-refractivity contribution in [3.63, 3.8) is 0 Å². The van der Waals surface area contributed by atoms with E-state index in [-0.39, 0.29) is 5.28 Å². The first-order valence-electron chi connectivity index (χ1n) is 9.83. The van der Waals surface area contributed by atoms with Gasteiger partial charge in [0.2, 0.25) is 5.28 Å². The zero-order valence-corrected chi connectivity index (χ0v) is 16.3. The second kappa shape index (κ2) is 6.69. The van der Waals surface area contributed by atoms with E-state index in [1.165, 1.54) is 28.8 Å². The molecule has 2 nitrogen and oxygen atoms in total. The van der Waals surface area contributed by atoms with Crippen LogP contribution in [0, 0.1) is 5.92 Å². The van der Waals surface area contributed by atoms with Gasteiger partial charge in [0.05, 0.1) is 6.54 Å². The van der Waals surface area contributed by atoms with Crippen molar-refractivity contribution in [2.24, 2.45) is 16.1 Å². The highest BCUT2D eigenvalue weighted by Gasteiger charge is 2.69. The molecule has 1 fully saturated rings. The number of nitrogens with zero attached hydrogens (tertiary/aromatic N) is 2. The topological polar surface area (TPSA) is 24.7 Å². The Bertz CT molecular complexity index is 843. The van der Waals surface area contributed by atoms with Gasteiger partial charge in [-0.25, -0.2) is 0 Å². The second-order valence-electron chi connectivity index (χ2n) is 7.57. The molecule has 134 valence electrons. The molecule has 0 bridgehead atoms. The van der Waals surface area contributed by atoms with Crippen LogP contribution in [0.2, 0.25) is 0 Å². The van der Waals surface area contributed by atoms with Crippen molar-refractivity contribution in [1.29, 1.82) is 0 Å². The Labute approximate surface area is 161 Å². The molecule has 27 heavy (non-hydrogen) atoms. The van der Waals surface area contributed by atoms with Gasteiger partial charge in [-0.05, 0) is 49.2 Å². The molecule has 3 aromatic carbocycles. The maximum atomic E-state index is 5.11. The standard InChI is InChI=1S/C24H24N2P/c1-4-12-21(13-5-1)27(22-14-6-2-7-15-22,23-16-8-3-9-17-23)24-18-10-11-20(24)19-25-26-24/h1-9,12-17,20H,10-11,18-19H2/q+1/t20-,24+/m1/s1. The minimum absolute atomic E-state index is 0.100. The highest BCUT2D eigenvalue weighted by atomic mass is 31.2. The minimum atomic E-state index is -1.99. The highest BCUT2D eigenvalue weighted by Crippen LogP contribution is 2.74. The average Bonchev–Trinajstić information content (AvgIpc) is 3.33. The number of azo groups is 1. The van der Waals surface area contributed by atoms with E-state index in [9.17, 15) is 0 Å².